The number of hydrogen-bond acceptors (Lipinski definition) is 4. The number of nitro benzene ring substituents is 1. The maximum atomic E-state index is 11.9. The van der Waals surface area contributed by atoms with Gasteiger partial charge in [-0.3, -0.25) is 14.9 Å². The first-order chi connectivity index (χ1) is 9.97. The van der Waals surface area contributed by atoms with Crippen molar-refractivity contribution in [2.75, 3.05) is 11.9 Å². The Balaban J connectivity index is 2.55. The number of anilines is 1. The van der Waals surface area contributed by atoms with E-state index in [-0.39, 0.29) is 11.6 Å². The number of carbonyl (C=O) groups is 1. The van der Waals surface area contributed by atoms with E-state index in [0.29, 0.717) is 29.0 Å². The first-order valence-corrected chi connectivity index (χ1v) is 7.71. The molecule has 1 unspecified atom stereocenters. The van der Waals surface area contributed by atoms with Crippen molar-refractivity contribution in [3.63, 3.8) is 0 Å². The second-order valence-electron chi connectivity index (χ2n) is 4.86. The predicted molar refractivity (Wildman–Crippen MR) is 86.1 cm³/mol. The first kappa shape index (κ1) is 17.6. The molecular weight excluding hydrogens is 338 g/mol. The molecule has 1 rings (SSSR count). The van der Waals surface area contributed by atoms with E-state index in [9.17, 15) is 14.9 Å². The number of rotatable bonds is 8. The van der Waals surface area contributed by atoms with Gasteiger partial charge in [0.15, 0.2) is 0 Å². The van der Waals surface area contributed by atoms with Crippen LogP contribution >= 0.6 is 15.9 Å². The monoisotopic (exact) mass is 357 g/mol. The molecule has 0 saturated heterocycles. The van der Waals surface area contributed by atoms with E-state index in [0.717, 1.165) is 19.3 Å². The van der Waals surface area contributed by atoms with Gasteiger partial charge in [-0.25, -0.2) is 0 Å². The van der Waals surface area contributed by atoms with Crippen LogP contribution in [0.2, 0.25) is 0 Å². The summed E-state index contributed by atoms with van der Waals surface area (Å²) < 4.78 is 0.347. The highest BCUT2D eigenvalue weighted by atomic mass is 79.9. The van der Waals surface area contributed by atoms with E-state index in [2.05, 4.69) is 28.2 Å². The Labute approximate surface area is 132 Å². The van der Waals surface area contributed by atoms with Gasteiger partial charge in [-0.1, -0.05) is 13.3 Å². The molecule has 0 aliphatic heterocycles. The van der Waals surface area contributed by atoms with E-state index in [1.807, 2.05) is 0 Å². The normalized spacial score (nSPS) is 12.0. The highest BCUT2D eigenvalue weighted by Crippen LogP contribution is 2.27. The molecule has 0 aromatic heterocycles. The molecule has 0 saturated carbocycles. The number of benzene rings is 1. The quantitative estimate of drug-likeness (QED) is 0.549. The van der Waals surface area contributed by atoms with Crippen LogP contribution in [-0.2, 0) is 4.79 Å². The average Bonchev–Trinajstić information content (AvgIpc) is 2.43. The molecule has 0 fully saturated rings. The van der Waals surface area contributed by atoms with Crippen LogP contribution in [0.3, 0.4) is 0 Å². The topological polar surface area (TPSA) is 98.3 Å². The zero-order valence-corrected chi connectivity index (χ0v) is 13.6. The van der Waals surface area contributed by atoms with Gasteiger partial charge in [-0.05, 0) is 53.4 Å². The van der Waals surface area contributed by atoms with Crippen molar-refractivity contribution in [1.82, 2.24) is 0 Å². The lowest BCUT2D eigenvalue weighted by molar-refractivity contribution is -0.385. The largest absolute Gasteiger partial charge is 0.330 e. The number of nitro groups is 1. The minimum absolute atomic E-state index is 0.0259. The second-order valence-corrected chi connectivity index (χ2v) is 5.72. The Morgan fingerprint density at radius 2 is 2.19 bits per heavy atom. The van der Waals surface area contributed by atoms with Crippen molar-refractivity contribution in [3.05, 3.63) is 32.8 Å². The summed E-state index contributed by atoms with van der Waals surface area (Å²) in [7, 11) is 0. The fraction of sp³-hybridized carbons (Fsp3) is 0.500. The Morgan fingerprint density at radius 1 is 1.48 bits per heavy atom. The van der Waals surface area contributed by atoms with Crippen LogP contribution < -0.4 is 11.1 Å². The third kappa shape index (κ3) is 5.81. The minimum atomic E-state index is -0.478. The summed E-state index contributed by atoms with van der Waals surface area (Å²) in [6, 6.07) is 4.42. The molecule has 116 valence electrons. The predicted octanol–water partition coefficient (Wildman–Crippen LogP) is 3.45. The number of carbonyl (C=O) groups excluding carboxylic acids is 1. The van der Waals surface area contributed by atoms with Crippen molar-refractivity contribution < 1.29 is 9.72 Å². The van der Waals surface area contributed by atoms with E-state index in [1.54, 1.807) is 0 Å². The number of amides is 1. The van der Waals surface area contributed by atoms with Gasteiger partial charge in [-0.2, -0.15) is 0 Å². The lowest BCUT2D eigenvalue weighted by atomic mass is 9.96. The van der Waals surface area contributed by atoms with Crippen LogP contribution in [0.4, 0.5) is 11.4 Å². The third-order valence-electron chi connectivity index (χ3n) is 3.36. The first-order valence-electron chi connectivity index (χ1n) is 6.91. The summed E-state index contributed by atoms with van der Waals surface area (Å²) in [5.74, 6) is 0.371. The molecule has 1 aromatic rings. The zero-order chi connectivity index (χ0) is 15.8. The smallest absolute Gasteiger partial charge is 0.283 e. The molecule has 0 spiro atoms. The van der Waals surface area contributed by atoms with Gasteiger partial charge in [0.25, 0.3) is 5.69 Å². The molecule has 3 N–H and O–H groups in total. The summed E-state index contributed by atoms with van der Waals surface area (Å²) in [4.78, 5) is 22.1. The Hall–Kier alpha value is -1.47. The Kier molecular flexibility index (Phi) is 7.31. The molecular formula is C14H20BrN3O3. The molecule has 6 nitrogen and oxygen atoms in total. The fourth-order valence-electron chi connectivity index (χ4n) is 2.08. The van der Waals surface area contributed by atoms with Crippen LogP contribution in [-0.4, -0.2) is 17.4 Å². The van der Waals surface area contributed by atoms with Gasteiger partial charge in [0.2, 0.25) is 5.91 Å². The number of nitrogens with two attached hydrogens (primary N) is 1. The van der Waals surface area contributed by atoms with Gasteiger partial charge in [0, 0.05) is 18.2 Å². The van der Waals surface area contributed by atoms with Crippen molar-refractivity contribution in [1.29, 1.82) is 0 Å². The SMILES string of the molecule is CCC(CCN)CCC(=O)Nc1ccc([N+](=O)[O-])c(Br)c1. The molecule has 0 heterocycles. The van der Waals surface area contributed by atoms with Gasteiger partial charge in [0.05, 0.1) is 9.40 Å². The Morgan fingerprint density at radius 3 is 2.71 bits per heavy atom. The summed E-state index contributed by atoms with van der Waals surface area (Å²) in [6.45, 7) is 2.72. The fourth-order valence-corrected chi connectivity index (χ4v) is 2.60. The summed E-state index contributed by atoms with van der Waals surface area (Å²) in [5, 5.41) is 13.5. The van der Waals surface area contributed by atoms with Crippen molar-refractivity contribution >= 4 is 33.2 Å². The van der Waals surface area contributed by atoms with E-state index in [1.165, 1.54) is 18.2 Å². The molecule has 1 amide bonds. The maximum absolute atomic E-state index is 11.9. The third-order valence-corrected chi connectivity index (χ3v) is 4.00. The second kappa shape index (κ2) is 8.74. The van der Waals surface area contributed by atoms with Gasteiger partial charge in [-0.15, -0.1) is 0 Å². The van der Waals surface area contributed by atoms with E-state index >= 15 is 0 Å². The molecule has 21 heavy (non-hydrogen) atoms. The lowest BCUT2D eigenvalue weighted by Gasteiger charge is -2.13. The number of hydrogen-bond donors (Lipinski definition) is 2. The zero-order valence-electron chi connectivity index (χ0n) is 12.0. The maximum Gasteiger partial charge on any atom is 0.283 e. The molecule has 0 aliphatic carbocycles. The number of halogens is 1. The summed E-state index contributed by atoms with van der Waals surface area (Å²) in [6.07, 6.45) is 3.15. The molecule has 0 bridgehead atoms. The van der Waals surface area contributed by atoms with Crippen molar-refractivity contribution in [2.24, 2.45) is 11.7 Å². The van der Waals surface area contributed by atoms with Crippen molar-refractivity contribution in [3.8, 4) is 0 Å². The van der Waals surface area contributed by atoms with Gasteiger partial charge in [0.1, 0.15) is 0 Å². The summed E-state index contributed by atoms with van der Waals surface area (Å²) in [5.41, 5.74) is 6.05. The number of nitrogens with one attached hydrogen (secondary N) is 1. The van der Waals surface area contributed by atoms with E-state index in [4.69, 9.17) is 5.73 Å². The lowest BCUT2D eigenvalue weighted by Crippen LogP contribution is -2.15. The summed E-state index contributed by atoms with van der Waals surface area (Å²) >= 11 is 3.12. The van der Waals surface area contributed by atoms with Crippen LogP contribution in [0.5, 0.6) is 0 Å². The molecule has 1 atom stereocenters. The number of nitrogens with zero attached hydrogens (tertiary/aromatic N) is 1. The van der Waals surface area contributed by atoms with Crippen LogP contribution in [0.1, 0.15) is 32.6 Å². The highest BCUT2D eigenvalue weighted by molar-refractivity contribution is 9.10. The molecule has 1 aromatic carbocycles. The molecule has 0 aliphatic rings. The average molecular weight is 358 g/mol. The van der Waals surface area contributed by atoms with Crippen LogP contribution in [0.15, 0.2) is 22.7 Å². The van der Waals surface area contributed by atoms with Crippen molar-refractivity contribution in [2.45, 2.75) is 32.6 Å². The van der Waals surface area contributed by atoms with Crippen LogP contribution in [0, 0.1) is 16.0 Å². The standard InChI is InChI=1S/C14H20BrN3O3/c1-2-10(7-8-16)3-6-14(19)17-11-4-5-13(18(20)21)12(15)9-11/h4-5,9-10H,2-3,6-8,16H2,1H3,(H,17,19). The molecule has 7 heteroatoms. The highest BCUT2D eigenvalue weighted by Gasteiger charge is 2.13. The minimum Gasteiger partial charge on any atom is -0.330 e. The Bertz CT molecular complexity index is 508. The molecule has 0 radical (unpaired) electrons. The van der Waals surface area contributed by atoms with Crippen LogP contribution in [0.25, 0.3) is 0 Å². The van der Waals surface area contributed by atoms with Gasteiger partial charge < -0.3 is 11.1 Å². The van der Waals surface area contributed by atoms with E-state index < -0.39 is 4.92 Å². The van der Waals surface area contributed by atoms with Gasteiger partial charge >= 0.3 is 0 Å².